The van der Waals surface area contributed by atoms with Gasteiger partial charge in [0.1, 0.15) is 0 Å². The molecule has 0 bridgehead atoms. The Morgan fingerprint density at radius 1 is 0.359 bits per heavy atom. The molecule has 7 heteroatoms. The van der Waals surface area contributed by atoms with E-state index in [2.05, 4.69) is 225 Å². The molecule has 3 aliphatic rings. The minimum atomic E-state index is -0.746. The standard InChI is InChI=1S/C71H46N6S/c1-70(2)53-30-14-12-27-48(53)49-39-37-45(42-58(49)70)63-65-64(50-28-13-19-36-61(50)78-65)73-68(72-63)46-38-40-54-52(41-46)62-51(69-75-66(43-21-6-3-7-22-43)74-67(76-69)44-23-8-4-9-24-44)29-20-33-57(62)71(54)55-31-15-17-34-59(55)77(47-25-10-5-11-26-47)60-35-18-16-32-56(60)71/h3-42H,1-2H3. The van der Waals surface area contributed by atoms with E-state index in [1.807, 2.05) is 36.4 Å². The zero-order valence-electron chi connectivity index (χ0n) is 42.7. The van der Waals surface area contributed by atoms with Crippen molar-refractivity contribution in [1.82, 2.24) is 24.9 Å². The van der Waals surface area contributed by atoms with Crippen molar-refractivity contribution in [3.05, 3.63) is 276 Å². The molecule has 0 N–H and O–H groups in total. The Hall–Kier alpha value is -9.69. The molecule has 16 rings (SSSR count). The highest BCUT2D eigenvalue weighted by atomic mass is 32.1. The van der Waals surface area contributed by atoms with Gasteiger partial charge in [-0.15, -0.1) is 11.3 Å². The molecule has 0 amide bonds. The van der Waals surface area contributed by atoms with Gasteiger partial charge in [-0.1, -0.05) is 214 Å². The molecule has 6 nitrogen and oxygen atoms in total. The maximum Gasteiger partial charge on any atom is 0.164 e. The van der Waals surface area contributed by atoms with E-state index in [1.54, 1.807) is 11.3 Å². The van der Waals surface area contributed by atoms with Crippen LogP contribution >= 0.6 is 11.3 Å². The normalized spacial score (nSPS) is 13.9. The minimum absolute atomic E-state index is 0.172. The number of thiophene rings is 1. The van der Waals surface area contributed by atoms with Gasteiger partial charge in [0.15, 0.2) is 23.3 Å². The molecule has 2 aliphatic carbocycles. The first-order chi connectivity index (χ1) is 38.4. The third-order valence-electron chi connectivity index (χ3n) is 16.5. The predicted molar refractivity (Wildman–Crippen MR) is 319 cm³/mol. The number of para-hydroxylation sites is 3. The molecule has 1 aliphatic heterocycles. The first-order valence-corrected chi connectivity index (χ1v) is 27.4. The van der Waals surface area contributed by atoms with Gasteiger partial charge in [0.25, 0.3) is 0 Å². The molecule has 13 aromatic rings. The van der Waals surface area contributed by atoms with Crippen LogP contribution in [0.1, 0.15) is 47.2 Å². The van der Waals surface area contributed by atoms with Gasteiger partial charge in [-0.25, -0.2) is 24.9 Å². The van der Waals surface area contributed by atoms with Gasteiger partial charge in [-0.05, 0) is 98.1 Å². The molecule has 0 radical (unpaired) electrons. The summed E-state index contributed by atoms with van der Waals surface area (Å²) in [5.41, 5.74) is 21.2. The zero-order chi connectivity index (χ0) is 51.7. The Morgan fingerprint density at radius 3 is 1.63 bits per heavy atom. The number of rotatable bonds is 6. The van der Waals surface area contributed by atoms with Gasteiger partial charge in [0.05, 0.1) is 32.7 Å². The second-order valence-corrected chi connectivity index (χ2v) is 22.1. The predicted octanol–water partition coefficient (Wildman–Crippen LogP) is 17.8. The van der Waals surface area contributed by atoms with Gasteiger partial charge in [0, 0.05) is 49.0 Å². The molecule has 78 heavy (non-hydrogen) atoms. The van der Waals surface area contributed by atoms with Crippen LogP contribution in [-0.4, -0.2) is 24.9 Å². The quantitative estimate of drug-likeness (QED) is 0.165. The Balaban J connectivity index is 0.976. The summed E-state index contributed by atoms with van der Waals surface area (Å²) < 4.78 is 2.27. The molecular formula is C71H46N6S. The Kier molecular flexibility index (Phi) is 9.67. The molecule has 3 aromatic heterocycles. The monoisotopic (exact) mass is 1010 g/mol. The van der Waals surface area contributed by atoms with Crippen LogP contribution < -0.4 is 4.90 Å². The molecule has 0 fully saturated rings. The smallest absolute Gasteiger partial charge is 0.164 e. The molecule has 10 aromatic carbocycles. The average molecular weight is 1020 g/mol. The topological polar surface area (TPSA) is 67.7 Å². The van der Waals surface area contributed by atoms with Crippen molar-refractivity contribution in [1.29, 1.82) is 0 Å². The second-order valence-electron chi connectivity index (χ2n) is 21.1. The van der Waals surface area contributed by atoms with Gasteiger partial charge in [-0.3, -0.25) is 0 Å². The molecule has 0 saturated carbocycles. The zero-order valence-corrected chi connectivity index (χ0v) is 43.5. The largest absolute Gasteiger partial charge is 0.310 e. The van der Waals surface area contributed by atoms with E-state index in [9.17, 15) is 0 Å². The number of aromatic nitrogens is 5. The van der Waals surface area contributed by atoms with Gasteiger partial charge >= 0.3 is 0 Å². The summed E-state index contributed by atoms with van der Waals surface area (Å²) in [6.07, 6.45) is 0. The lowest BCUT2D eigenvalue weighted by Gasteiger charge is -2.45. The van der Waals surface area contributed by atoms with Crippen LogP contribution in [0.25, 0.3) is 99.4 Å². The maximum absolute atomic E-state index is 5.69. The number of fused-ring (bicyclic) bond motifs is 15. The van der Waals surface area contributed by atoms with Crippen molar-refractivity contribution in [3.8, 4) is 79.1 Å². The van der Waals surface area contributed by atoms with E-state index in [-0.39, 0.29) is 5.41 Å². The molecular weight excluding hydrogens is 969 g/mol. The van der Waals surface area contributed by atoms with E-state index in [1.165, 1.54) is 43.6 Å². The summed E-state index contributed by atoms with van der Waals surface area (Å²) in [6.45, 7) is 4.69. The Morgan fingerprint density at radius 2 is 0.910 bits per heavy atom. The molecule has 0 unspecified atom stereocenters. The van der Waals surface area contributed by atoms with Crippen LogP contribution in [0.5, 0.6) is 0 Å². The van der Waals surface area contributed by atoms with Crippen LogP contribution in [0.4, 0.5) is 17.1 Å². The first kappa shape index (κ1) is 44.6. The fraction of sp³-hybridized carbons (Fsp3) is 0.0563. The average Bonchev–Trinajstić information content (AvgIpc) is 4.26. The van der Waals surface area contributed by atoms with Crippen molar-refractivity contribution in [3.63, 3.8) is 0 Å². The highest BCUT2D eigenvalue weighted by molar-refractivity contribution is 7.26. The van der Waals surface area contributed by atoms with Crippen molar-refractivity contribution in [2.24, 2.45) is 0 Å². The summed E-state index contributed by atoms with van der Waals surface area (Å²) in [7, 11) is 0. The lowest BCUT2D eigenvalue weighted by molar-refractivity contribution is 0.660. The lowest BCUT2D eigenvalue weighted by atomic mass is 9.64. The molecule has 0 saturated heterocycles. The van der Waals surface area contributed by atoms with Crippen molar-refractivity contribution >= 4 is 48.7 Å². The van der Waals surface area contributed by atoms with E-state index >= 15 is 0 Å². The number of nitrogens with zero attached hydrogens (tertiary/aromatic N) is 6. The third kappa shape index (κ3) is 6.39. The number of hydrogen-bond donors (Lipinski definition) is 0. The third-order valence-corrected chi connectivity index (χ3v) is 17.7. The Labute approximate surface area is 455 Å². The molecule has 366 valence electrons. The number of hydrogen-bond acceptors (Lipinski definition) is 7. The highest BCUT2D eigenvalue weighted by Crippen LogP contribution is 2.65. The minimum Gasteiger partial charge on any atom is -0.310 e. The van der Waals surface area contributed by atoms with Crippen molar-refractivity contribution < 1.29 is 0 Å². The summed E-state index contributed by atoms with van der Waals surface area (Å²) in [5, 5.41) is 1.13. The second kappa shape index (κ2) is 16.9. The van der Waals surface area contributed by atoms with Crippen LogP contribution in [0, 0.1) is 0 Å². The summed E-state index contributed by atoms with van der Waals surface area (Å²) in [4.78, 5) is 29.6. The fourth-order valence-electron chi connectivity index (χ4n) is 13.1. The first-order valence-electron chi connectivity index (χ1n) is 26.6. The highest BCUT2D eigenvalue weighted by Gasteiger charge is 2.52. The summed E-state index contributed by atoms with van der Waals surface area (Å²) in [5.74, 6) is 2.50. The number of anilines is 3. The van der Waals surface area contributed by atoms with Crippen LogP contribution in [0.2, 0.25) is 0 Å². The van der Waals surface area contributed by atoms with E-state index in [0.717, 1.165) is 82.9 Å². The number of benzene rings is 10. The van der Waals surface area contributed by atoms with E-state index in [4.69, 9.17) is 24.9 Å². The van der Waals surface area contributed by atoms with E-state index in [0.29, 0.717) is 23.3 Å². The van der Waals surface area contributed by atoms with Crippen molar-refractivity contribution in [2.45, 2.75) is 24.7 Å². The fourth-order valence-corrected chi connectivity index (χ4v) is 14.2. The van der Waals surface area contributed by atoms with Crippen LogP contribution in [0.15, 0.2) is 243 Å². The molecule has 0 atom stereocenters. The molecule has 1 spiro atoms. The van der Waals surface area contributed by atoms with E-state index < -0.39 is 5.41 Å². The Bertz CT molecular complexity index is 4500. The SMILES string of the molecule is CC1(C)c2ccccc2-c2ccc(-c3nc(-c4ccc5c(c4)-c4c(-c6nc(-c7ccccc7)nc(-c7ccccc7)n6)cccc4C54c5ccccc5N(c5ccccc5)c5ccccc54)nc4c3sc3ccccc34)cc21. The van der Waals surface area contributed by atoms with Crippen LogP contribution in [0.3, 0.4) is 0 Å². The summed E-state index contributed by atoms with van der Waals surface area (Å²) in [6, 6.07) is 87.2. The summed E-state index contributed by atoms with van der Waals surface area (Å²) >= 11 is 1.77. The maximum atomic E-state index is 5.69. The van der Waals surface area contributed by atoms with Gasteiger partial charge in [0.2, 0.25) is 0 Å². The van der Waals surface area contributed by atoms with Gasteiger partial charge in [-0.2, -0.15) is 0 Å². The molecule has 4 heterocycles. The van der Waals surface area contributed by atoms with Crippen LogP contribution in [-0.2, 0) is 10.8 Å². The van der Waals surface area contributed by atoms with Crippen molar-refractivity contribution in [2.75, 3.05) is 4.90 Å². The van der Waals surface area contributed by atoms with Gasteiger partial charge < -0.3 is 4.90 Å². The lowest BCUT2D eigenvalue weighted by Crippen LogP contribution is -2.36.